The van der Waals surface area contributed by atoms with E-state index in [1.165, 1.54) is 24.1 Å². The molecule has 3 rings (SSSR count). The summed E-state index contributed by atoms with van der Waals surface area (Å²) in [5.74, 6) is -1.60. The van der Waals surface area contributed by atoms with Gasteiger partial charge in [-0.3, -0.25) is 4.90 Å². The largest absolute Gasteiger partial charge is 0.420 e. The number of carbonyl (C=O) groups is 1. The summed E-state index contributed by atoms with van der Waals surface area (Å²) in [4.78, 5) is 14.5. The van der Waals surface area contributed by atoms with Gasteiger partial charge in [0.05, 0.1) is 11.3 Å². The van der Waals surface area contributed by atoms with Gasteiger partial charge in [0.2, 0.25) is 0 Å². The number of hydrogen-bond donors (Lipinski definition) is 0. The summed E-state index contributed by atoms with van der Waals surface area (Å²) < 4.78 is 98.2. The Morgan fingerprint density at radius 3 is 2.07 bits per heavy atom. The van der Waals surface area contributed by atoms with Crippen LogP contribution in [0, 0.1) is 5.82 Å². The third-order valence-corrected chi connectivity index (χ3v) is 4.58. The predicted octanol–water partition coefficient (Wildman–Crippen LogP) is 5.71. The first kappa shape index (κ1) is 21.7. The highest BCUT2D eigenvalue weighted by atomic mass is 19.4. The standard InChI is InChI=1S/C19H15F7N2O2/c1-27(13-5-3-12(20)4-6-13)17(29)30-16-14(19(24,25)26)9-11(18(21,22)23)10-15(16)28-7-2-8-28/h3-6,9-10H,2,7-8H2,1H3. The number of rotatable bonds is 3. The Morgan fingerprint density at radius 1 is 1.00 bits per heavy atom. The van der Waals surface area contributed by atoms with Crippen LogP contribution in [0.1, 0.15) is 17.5 Å². The lowest BCUT2D eigenvalue weighted by molar-refractivity contribution is -0.143. The molecular formula is C19H15F7N2O2. The van der Waals surface area contributed by atoms with Crippen molar-refractivity contribution < 1.29 is 40.3 Å². The van der Waals surface area contributed by atoms with Crippen molar-refractivity contribution >= 4 is 17.5 Å². The highest BCUT2D eigenvalue weighted by Gasteiger charge is 2.42. The first-order valence-corrected chi connectivity index (χ1v) is 8.66. The van der Waals surface area contributed by atoms with E-state index in [1.807, 2.05) is 0 Å². The SMILES string of the molecule is CN(C(=O)Oc1c(N2CCC2)cc(C(F)(F)F)cc1C(F)(F)F)c1ccc(F)cc1. The molecule has 0 bridgehead atoms. The fourth-order valence-corrected chi connectivity index (χ4v) is 2.81. The molecule has 0 aliphatic carbocycles. The summed E-state index contributed by atoms with van der Waals surface area (Å²) >= 11 is 0. The van der Waals surface area contributed by atoms with Crippen molar-refractivity contribution in [3.8, 4) is 5.75 Å². The Balaban J connectivity index is 2.05. The Kier molecular flexibility index (Phi) is 5.57. The summed E-state index contributed by atoms with van der Waals surface area (Å²) in [6.07, 6.45) is -10.9. The average Bonchev–Trinajstić information content (AvgIpc) is 2.59. The van der Waals surface area contributed by atoms with Crippen molar-refractivity contribution in [2.24, 2.45) is 0 Å². The van der Waals surface area contributed by atoms with Crippen LogP contribution in [0.25, 0.3) is 0 Å². The van der Waals surface area contributed by atoms with Gasteiger partial charge in [-0.1, -0.05) is 0 Å². The summed E-state index contributed by atoms with van der Waals surface area (Å²) in [5, 5.41) is 0. The topological polar surface area (TPSA) is 32.8 Å². The second kappa shape index (κ2) is 7.69. The van der Waals surface area contributed by atoms with Gasteiger partial charge in [0.1, 0.15) is 11.4 Å². The van der Waals surface area contributed by atoms with Crippen LogP contribution >= 0.6 is 0 Å². The molecule has 30 heavy (non-hydrogen) atoms. The van der Waals surface area contributed by atoms with Crippen LogP contribution in [-0.4, -0.2) is 26.2 Å². The quantitative estimate of drug-likeness (QED) is 0.578. The van der Waals surface area contributed by atoms with Crippen LogP contribution < -0.4 is 14.5 Å². The molecule has 1 aliphatic rings. The van der Waals surface area contributed by atoms with E-state index in [2.05, 4.69) is 0 Å². The molecule has 0 unspecified atom stereocenters. The Morgan fingerprint density at radius 2 is 1.60 bits per heavy atom. The Hall–Kier alpha value is -2.98. The first-order chi connectivity index (χ1) is 13.9. The maximum Gasteiger partial charge on any atom is 0.420 e. The molecule has 0 radical (unpaired) electrons. The number of hydrogen-bond acceptors (Lipinski definition) is 3. The Labute approximate surface area is 166 Å². The normalized spacial score (nSPS) is 14.3. The second-order valence-electron chi connectivity index (χ2n) is 6.61. The molecule has 0 atom stereocenters. The van der Waals surface area contributed by atoms with E-state index in [-0.39, 0.29) is 24.8 Å². The Bertz CT molecular complexity index is 936. The molecule has 11 heteroatoms. The van der Waals surface area contributed by atoms with Gasteiger partial charge in [-0.25, -0.2) is 9.18 Å². The molecule has 1 saturated heterocycles. The van der Waals surface area contributed by atoms with Crippen LogP contribution in [0.3, 0.4) is 0 Å². The predicted molar refractivity (Wildman–Crippen MR) is 94.1 cm³/mol. The van der Waals surface area contributed by atoms with Crippen LogP contribution in [0.5, 0.6) is 5.75 Å². The van der Waals surface area contributed by atoms with Crippen LogP contribution in [0.15, 0.2) is 36.4 Å². The second-order valence-corrected chi connectivity index (χ2v) is 6.61. The number of nitrogens with zero attached hydrogens (tertiary/aromatic N) is 2. The van der Waals surface area contributed by atoms with Gasteiger partial charge in [0, 0.05) is 25.8 Å². The molecule has 1 heterocycles. The third-order valence-electron chi connectivity index (χ3n) is 4.58. The third kappa shape index (κ3) is 4.44. The molecule has 0 aromatic heterocycles. The van der Waals surface area contributed by atoms with Gasteiger partial charge in [0.25, 0.3) is 0 Å². The van der Waals surface area contributed by atoms with Crippen molar-refractivity contribution in [1.82, 2.24) is 0 Å². The van der Waals surface area contributed by atoms with E-state index < -0.39 is 46.8 Å². The minimum atomic E-state index is -5.20. The van der Waals surface area contributed by atoms with E-state index in [0.717, 1.165) is 17.0 Å². The minimum absolute atomic E-state index is 0.0796. The highest BCUT2D eigenvalue weighted by Crippen LogP contribution is 2.47. The summed E-state index contributed by atoms with van der Waals surface area (Å²) in [7, 11) is 1.18. The lowest BCUT2D eigenvalue weighted by Crippen LogP contribution is -2.38. The zero-order chi connectivity index (χ0) is 22.3. The van der Waals surface area contributed by atoms with Crippen LogP contribution in [0.2, 0.25) is 0 Å². The molecule has 1 fully saturated rings. The monoisotopic (exact) mass is 436 g/mol. The number of anilines is 2. The molecule has 0 N–H and O–H groups in total. The van der Waals surface area contributed by atoms with E-state index >= 15 is 0 Å². The molecule has 0 saturated carbocycles. The van der Waals surface area contributed by atoms with E-state index in [0.29, 0.717) is 12.5 Å². The smallest absolute Gasteiger partial charge is 0.407 e. The first-order valence-electron chi connectivity index (χ1n) is 8.66. The average molecular weight is 436 g/mol. The maximum absolute atomic E-state index is 13.6. The zero-order valence-corrected chi connectivity index (χ0v) is 15.4. The fraction of sp³-hybridized carbons (Fsp3) is 0.316. The van der Waals surface area contributed by atoms with Gasteiger partial charge >= 0.3 is 18.4 Å². The number of ether oxygens (including phenoxy) is 1. The highest BCUT2D eigenvalue weighted by molar-refractivity contribution is 5.89. The summed E-state index contributed by atoms with van der Waals surface area (Å²) in [6, 6.07) is 4.92. The van der Waals surface area contributed by atoms with Crippen molar-refractivity contribution in [2.75, 3.05) is 29.9 Å². The minimum Gasteiger partial charge on any atom is -0.407 e. The number of carbonyl (C=O) groups excluding carboxylic acids is 1. The maximum atomic E-state index is 13.6. The fourth-order valence-electron chi connectivity index (χ4n) is 2.81. The lowest BCUT2D eigenvalue weighted by atomic mass is 10.0. The van der Waals surface area contributed by atoms with Crippen LogP contribution in [0.4, 0.5) is 46.9 Å². The van der Waals surface area contributed by atoms with E-state index in [1.54, 1.807) is 0 Å². The molecule has 2 aromatic rings. The van der Waals surface area contributed by atoms with E-state index in [4.69, 9.17) is 4.74 Å². The zero-order valence-electron chi connectivity index (χ0n) is 15.4. The van der Waals surface area contributed by atoms with Gasteiger partial charge < -0.3 is 9.64 Å². The molecule has 0 spiro atoms. The molecule has 162 valence electrons. The molecule has 2 aromatic carbocycles. The van der Waals surface area contributed by atoms with Crippen molar-refractivity contribution in [1.29, 1.82) is 0 Å². The molecule has 4 nitrogen and oxygen atoms in total. The lowest BCUT2D eigenvalue weighted by Gasteiger charge is -2.35. The van der Waals surface area contributed by atoms with Crippen molar-refractivity contribution in [3.63, 3.8) is 0 Å². The number of benzene rings is 2. The molecular weight excluding hydrogens is 421 g/mol. The number of alkyl halides is 6. The summed E-state index contributed by atoms with van der Waals surface area (Å²) in [6.45, 7) is 0.438. The van der Waals surface area contributed by atoms with Crippen molar-refractivity contribution in [3.05, 3.63) is 53.3 Å². The number of halogens is 7. The van der Waals surface area contributed by atoms with Gasteiger partial charge in [-0.2, -0.15) is 26.3 Å². The van der Waals surface area contributed by atoms with Crippen LogP contribution in [-0.2, 0) is 12.4 Å². The molecule has 1 aliphatic heterocycles. The van der Waals surface area contributed by atoms with Gasteiger partial charge in [0.15, 0.2) is 5.75 Å². The number of amides is 1. The van der Waals surface area contributed by atoms with Crippen molar-refractivity contribution in [2.45, 2.75) is 18.8 Å². The summed E-state index contributed by atoms with van der Waals surface area (Å²) in [5.41, 5.74) is -3.56. The van der Waals surface area contributed by atoms with E-state index in [9.17, 15) is 35.5 Å². The molecule has 1 amide bonds. The van der Waals surface area contributed by atoms with Gasteiger partial charge in [-0.15, -0.1) is 0 Å². The van der Waals surface area contributed by atoms with Gasteiger partial charge in [-0.05, 0) is 42.8 Å².